The van der Waals surface area contributed by atoms with E-state index in [2.05, 4.69) is 36.1 Å². The number of hydrogen-bond donors (Lipinski definition) is 1. The molecule has 1 saturated heterocycles. The van der Waals surface area contributed by atoms with Gasteiger partial charge < -0.3 is 5.11 Å². The predicted octanol–water partition coefficient (Wildman–Crippen LogP) is 3.19. The lowest BCUT2D eigenvalue weighted by atomic mass is 9.84. The van der Waals surface area contributed by atoms with Crippen molar-refractivity contribution < 1.29 is 9.90 Å². The van der Waals surface area contributed by atoms with E-state index >= 15 is 0 Å². The molecule has 2 atom stereocenters. The van der Waals surface area contributed by atoms with E-state index in [1.807, 2.05) is 13.0 Å². The van der Waals surface area contributed by atoms with Crippen LogP contribution >= 0.6 is 0 Å². The van der Waals surface area contributed by atoms with Crippen molar-refractivity contribution >= 4 is 5.97 Å². The average molecular weight is 275 g/mol. The molecule has 0 spiro atoms. The number of hydrogen-bond acceptors (Lipinski definition) is 2. The van der Waals surface area contributed by atoms with E-state index in [4.69, 9.17) is 0 Å². The van der Waals surface area contributed by atoms with Gasteiger partial charge in [-0.05, 0) is 37.8 Å². The number of likely N-dealkylation sites (tertiary alicyclic amines) is 1. The van der Waals surface area contributed by atoms with E-state index in [0.29, 0.717) is 12.6 Å². The van der Waals surface area contributed by atoms with Gasteiger partial charge in [-0.2, -0.15) is 0 Å². The van der Waals surface area contributed by atoms with Crippen molar-refractivity contribution in [3.8, 4) is 0 Å². The second kappa shape index (κ2) is 6.40. The zero-order valence-electron chi connectivity index (χ0n) is 12.5. The molecule has 1 heterocycles. The number of rotatable bonds is 6. The van der Waals surface area contributed by atoms with Crippen LogP contribution in [-0.2, 0) is 11.2 Å². The smallest absolute Gasteiger partial charge is 0.310 e. The van der Waals surface area contributed by atoms with Gasteiger partial charge in [-0.1, -0.05) is 44.2 Å². The van der Waals surface area contributed by atoms with Gasteiger partial charge in [0, 0.05) is 12.6 Å². The Kier molecular flexibility index (Phi) is 4.81. The van der Waals surface area contributed by atoms with Gasteiger partial charge >= 0.3 is 5.97 Å². The minimum atomic E-state index is -0.628. The number of benzene rings is 1. The molecule has 2 unspecified atom stereocenters. The standard InChI is InChI=1S/C17H25NO2/c1-3-15(12-14-8-6-5-7-9-14)18-11-10-17(4-2,13-18)16(19)20/h5-9,15H,3-4,10-13H2,1-2H3,(H,19,20). The van der Waals surface area contributed by atoms with Gasteiger partial charge in [-0.3, -0.25) is 9.69 Å². The van der Waals surface area contributed by atoms with E-state index in [-0.39, 0.29) is 0 Å². The molecule has 3 nitrogen and oxygen atoms in total. The molecule has 0 saturated carbocycles. The van der Waals surface area contributed by atoms with Crippen molar-refractivity contribution in [1.82, 2.24) is 4.90 Å². The Labute approximate surface area is 121 Å². The van der Waals surface area contributed by atoms with Gasteiger partial charge in [0.05, 0.1) is 5.41 Å². The maximum atomic E-state index is 11.5. The molecule has 3 heteroatoms. The fourth-order valence-electron chi connectivity index (χ4n) is 3.25. The summed E-state index contributed by atoms with van der Waals surface area (Å²) in [5, 5.41) is 9.50. The third-order valence-electron chi connectivity index (χ3n) is 4.82. The quantitative estimate of drug-likeness (QED) is 0.866. The second-order valence-corrected chi connectivity index (χ2v) is 5.91. The topological polar surface area (TPSA) is 40.5 Å². The molecule has 0 radical (unpaired) electrons. The van der Waals surface area contributed by atoms with Crippen molar-refractivity contribution in [2.45, 2.75) is 45.6 Å². The molecule has 1 aliphatic rings. The molecule has 1 fully saturated rings. The van der Waals surface area contributed by atoms with Gasteiger partial charge in [0.2, 0.25) is 0 Å². The first kappa shape index (κ1) is 15.0. The fraction of sp³-hybridized carbons (Fsp3) is 0.588. The zero-order chi connectivity index (χ0) is 14.6. The summed E-state index contributed by atoms with van der Waals surface area (Å²) < 4.78 is 0. The van der Waals surface area contributed by atoms with E-state index in [9.17, 15) is 9.90 Å². The molecule has 0 amide bonds. The average Bonchev–Trinajstić information content (AvgIpc) is 2.91. The van der Waals surface area contributed by atoms with Crippen molar-refractivity contribution in [2.24, 2.45) is 5.41 Å². The van der Waals surface area contributed by atoms with Crippen LogP contribution in [0.25, 0.3) is 0 Å². The van der Waals surface area contributed by atoms with Crippen molar-refractivity contribution in [3.63, 3.8) is 0 Å². The highest BCUT2D eigenvalue weighted by Gasteiger charge is 2.44. The van der Waals surface area contributed by atoms with Crippen molar-refractivity contribution in [3.05, 3.63) is 35.9 Å². The molecule has 1 N–H and O–H groups in total. The van der Waals surface area contributed by atoms with Crippen LogP contribution in [0.4, 0.5) is 0 Å². The Morgan fingerprint density at radius 2 is 2.05 bits per heavy atom. The summed E-state index contributed by atoms with van der Waals surface area (Å²) in [6.45, 7) is 5.80. The molecular formula is C17H25NO2. The Hall–Kier alpha value is -1.35. The molecule has 0 bridgehead atoms. The van der Waals surface area contributed by atoms with E-state index in [0.717, 1.165) is 32.2 Å². The first-order chi connectivity index (χ1) is 9.61. The third-order valence-corrected chi connectivity index (χ3v) is 4.82. The molecule has 1 aliphatic heterocycles. The Morgan fingerprint density at radius 1 is 1.35 bits per heavy atom. The van der Waals surface area contributed by atoms with Crippen LogP contribution in [-0.4, -0.2) is 35.1 Å². The normalized spacial score (nSPS) is 24.7. The summed E-state index contributed by atoms with van der Waals surface area (Å²) in [5.41, 5.74) is 0.813. The van der Waals surface area contributed by atoms with E-state index in [1.165, 1.54) is 5.56 Å². The summed E-state index contributed by atoms with van der Waals surface area (Å²) in [5.74, 6) is -0.628. The van der Waals surface area contributed by atoms with Crippen LogP contribution in [0.2, 0.25) is 0 Å². The summed E-state index contributed by atoms with van der Waals surface area (Å²) >= 11 is 0. The number of carbonyl (C=O) groups is 1. The molecule has 20 heavy (non-hydrogen) atoms. The van der Waals surface area contributed by atoms with Crippen LogP contribution in [0, 0.1) is 5.41 Å². The van der Waals surface area contributed by atoms with Gasteiger partial charge in [0.15, 0.2) is 0 Å². The summed E-state index contributed by atoms with van der Waals surface area (Å²) in [6.07, 6.45) is 3.58. The van der Waals surface area contributed by atoms with Crippen LogP contribution in [0.3, 0.4) is 0 Å². The first-order valence-corrected chi connectivity index (χ1v) is 7.62. The maximum absolute atomic E-state index is 11.5. The molecule has 2 rings (SSSR count). The molecular weight excluding hydrogens is 250 g/mol. The van der Waals surface area contributed by atoms with Crippen molar-refractivity contribution in [2.75, 3.05) is 13.1 Å². The number of nitrogens with zero attached hydrogens (tertiary/aromatic N) is 1. The van der Waals surface area contributed by atoms with Crippen LogP contribution in [0.1, 0.15) is 38.7 Å². The second-order valence-electron chi connectivity index (χ2n) is 5.91. The highest BCUT2D eigenvalue weighted by atomic mass is 16.4. The van der Waals surface area contributed by atoms with Crippen LogP contribution in [0.15, 0.2) is 30.3 Å². The van der Waals surface area contributed by atoms with E-state index in [1.54, 1.807) is 0 Å². The SMILES string of the molecule is CCC(Cc1ccccc1)N1CCC(CC)(C(=O)O)C1. The fourth-order valence-corrected chi connectivity index (χ4v) is 3.25. The van der Waals surface area contributed by atoms with Gasteiger partial charge in [0.25, 0.3) is 0 Å². The largest absolute Gasteiger partial charge is 0.481 e. The Balaban J connectivity index is 2.05. The number of aliphatic carboxylic acids is 1. The number of carboxylic acids is 1. The first-order valence-electron chi connectivity index (χ1n) is 7.62. The minimum absolute atomic E-state index is 0.449. The molecule has 110 valence electrons. The lowest BCUT2D eigenvalue weighted by Gasteiger charge is -2.29. The van der Waals surface area contributed by atoms with Crippen molar-refractivity contribution in [1.29, 1.82) is 0 Å². The van der Waals surface area contributed by atoms with Gasteiger partial charge in [0.1, 0.15) is 0 Å². The summed E-state index contributed by atoms with van der Waals surface area (Å²) in [6, 6.07) is 10.9. The van der Waals surface area contributed by atoms with E-state index < -0.39 is 11.4 Å². The highest BCUT2D eigenvalue weighted by molar-refractivity contribution is 5.75. The summed E-state index contributed by atoms with van der Waals surface area (Å²) in [4.78, 5) is 13.9. The zero-order valence-corrected chi connectivity index (χ0v) is 12.5. The Morgan fingerprint density at radius 3 is 2.55 bits per heavy atom. The van der Waals surface area contributed by atoms with Crippen LogP contribution in [0.5, 0.6) is 0 Å². The molecule has 1 aromatic carbocycles. The Bertz CT molecular complexity index is 446. The lowest BCUT2D eigenvalue weighted by Crippen LogP contribution is -2.39. The molecule has 0 aliphatic carbocycles. The van der Waals surface area contributed by atoms with Crippen LogP contribution < -0.4 is 0 Å². The predicted molar refractivity (Wildman–Crippen MR) is 80.8 cm³/mol. The number of carboxylic acid groups (broad SMARTS) is 1. The summed E-state index contributed by atoms with van der Waals surface area (Å²) in [7, 11) is 0. The van der Waals surface area contributed by atoms with Gasteiger partial charge in [-0.25, -0.2) is 0 Å². The van der Waals surface area contributed by atoms with Gasteiger partial charge in [-0.15, -0.1) is 0 Å². The minimum Gasteiger partial charge on any atom is -0.481 e. The molecule has 0 aromatic heterocycles. The monoisotopic (exact) mass is 275 g/mol. The lowest BCUT2D eigenvalue weighted by molar-refractivity contribution is -0.148. The molecule has 1 aromatic rings. The highest BCUT2D eigenvalue weighted by Crippen LogP contribution is 2.36. The maximum Gasteiger partial charge on any atom is 0.310 e. The third kappa shape index (κ3) is 3.04.